The summed E-state index contributed by atoms with van der Waals surface area (Å²) in [7, 11) is 0. The quantitative estimate of drug-likeness (QED) is 0.738. The van der Waals surface area contributed by atoms with Crippen molar-refractivity contribution in [2.24, 2.45) is 0 Å². The number of rotatable bonds is 2. The Labute approximate surface area is 145 Å². The number of nitrogens with one attached hydrogen (secondary N) is 1. The van der Waals surface area contributed by atoms with Crippen molar-refractivity contribution in [1.29, 1.82) is 0 Å². The van der Waals surface area contributed by atoms with Crippen molar-refractivity contribution in [3.63, 3.8) is 0 Å². The lowest BCUT2D eigenvalue weighted by Crippen LogP contribution is -2.30. The van der Waals surface area contributed by atoms with Crippen molar-refractivity contribution in [3.8, 4) is 0 Å². The Bertz CT molecular complexity index is 945. The Morgan fingerprint density at radius 3 is 3.04 bits per heavy atom. The van der Waals surface area contributed by atoms with Crippen LogP contribution in [0.4, 0.5) is 5.69 Å². The Hall–Kier alpha value is -2.46. The van der Waals surface area contributed by atoms with E-state index in [0.717, 1.165) is 34.6 Å². The SMILES string of the molecule is Clc1cccc(N2C=C3CCCN3C2c2ccc3[nH]ncc3c2)c1. The molecule has 4 nitrogen and oxygen atoms in total. The molecular weight excluding hydrogens is 320 g/mol. The summed E-state index contributed by atoms with van der Waals surface area (Å²) in [5.41, 5.74) is 4.88. The predicted octanol–water partition coefficient (Wildman–Crippen LogP) is 4.67. The normalized spacial score (nSPS) is 19.9. The molecule has 1 saturated heterocycles. The van der Waals surface area contributed by atoms with Crippen LogP contribution in [-0.2, 0) is 0 Å². The third-order valence-corrected chi connectivity index (χ3v) is 5.15. The summed E-state index contributed by atoms with van der Waals surface area (Å²) in [5.74, 6) is 0. The molecule has 5 rings (SSSR count). The minimum atomic E-state index is 0.181. The number of halogens is 1. The molecular formula is C19H17ClN4. The molecule has 2 aliphatic heterocycles. The standard InChI is InChI=1S/C19H17ClN4/c20-15-3-1-4-16(10-15)24-12-17-5-2-8-23(17)19(24)13-6-7-18-14(9-13)11-21-22-18/h1,3-4,6-7,9-12,19H,2,5,8H2,(H,21,22). The van der Waals surface area contributed by atoms with Crippen LogP contribution in [0.1, 0.15) is 24.6 Å². The summed E-state index contributed by atoms with van der Waals surface area (Å²) in [5, 5.41) is 9.08. The predicted molar refractivity (Wildman–Crippen MR) is 96.8 cm³/mol. The highest BCUT2D eigenvalue weighted by atomic mass is 35.5. The van der Waals surface area contributed by atoms with Crippen molar-refractivity contribution in [2.75, 3.05) is 11.4 Å². The maximum atomic E-state index is 6.23. The number of nitrogens with zero attached hydrogens (tertiary/aromatic N) is 3. The molecule has 1 N–H and O–H groups in total. The van der Waals surface area contributed by atoms with E-state index in [1.807, 2.05) is 24.4 Å². The van der Waals surface area contributed by atoms with Crippen molar-refractivity contribution in [2.45, 2.75) is 19.0 Å². The summed E-state index contributed by atoms with van der Waals surface area (Å²) in [6.45, 7) is 1.09. The lowest BCUT2D eigenvalue weighted by atomic mass is 10.1. The molecule has 3 heterocycles. The average Bonchev–Trinajstić information content (AvgIpc) is 3.29. The number of hydrogen-bond acceptors (Lipinski definition) is 3. The summed E-state index contributed by atoms with van der Waals surface area (Å²) >= 11 is 6.23. The van der Waals surface area contributed by atoms with Crippen LogP contribution in [0.15, 0.2) is 60.6 Å². The van der Waals surface area contributed by atoms with Crippen LogP contribution in [0.2, 0.25) is 5.02 Å². The number of hydrogen-bond donors (Lipinski definition) is 1. The van der Waals surface area contributed by atoms with Crippen LogP contribution in [0, 0.1) is 0 Å². The van der Waals surface area contributed by atoms with Crippen LogP contribution in [-0.4, -0.2) is 21.6 Å². The fourth-order valence-electron chi connectivity index (χ4n) is 3.83. The Balaban J connectivity index is 1.63. The second-order valence-electron chi connectivity index (χ2n) is 6.39. The first kappa shape index (κ1) is 13.9. The van der Waals surface area contributed by atoms with Gasteiger partial charge in [0, 0.05) is 34.5 Å². The molecule has 0 saturated carbocycles. The van der Waals surface area contributed by atoms with E-state index in [0.29, 0.717) is 0 Å². The van der Waals surface area contributed by atoms with E-state index < -0.39 is 0 Å². The fourth-order valence-corrected chi connectivity index (χ4v) is 4.02. The monoisotopic (exact) mass is 336 g/mol. The van der Waals surface area contributed by atoms with Crippen molar-refractivity contribution in [1.82, 2.24) is 15.1 Å². The van der Waals surface area contributed by atoms with Crippen LogP contribution in [0.25, 0.3) is 10.9 Å². The molecule has 2 aliphatic rings. The van der Waals surface area contributed by atoms with E-state index in [1.54, 1.807) is 0 Å². The molecule has 24 heavy (non-hydrogen) atoms. The number of fused-ring (bicyclic) bond motifs is 2. The van der Waals surface area contributed by atoms with Gasteiger partial charge in [0.25, 0.3) is 0 Å². The topological polar surface area (TPSA) is 35.2 Å². The Morgan fingerprint density at radius 1 is 1.17 bits per heavy atom. The second-order valence-corrected chi connectivity index (χ2v) is 6.83. The number of allylic oxidation sites excluding steroid dienone is 1. The third kappa shape index (κ3) is 2.10. The van der Waals surface area contributed by atoms with E-state index in [1.165, 1.54) is 17.7 Å². The molecule has 1 fully saturated rings. The Kier molecular flexibility index (Phi) is 3.06. The van der Waals surface area contributed by atoms with Gasteiger partial charge in [0.05, 0.1) is 11.7 Å². The van der Waals surface area contributed by atoms with Gasteiger partial charge >= 0.3 is 0 Å². The summed E-state index contributed by atoms with van der Waals surface area (Å²) in [6.07, 6.45) is 6.71. The zero-order valence-electron chi connectivity index (χ0n) is 13.1. The summed E-state index contributed by atoms with van der Waals surface area (Å²) in [6, 6.07) is 14.6. The first-order chi connectivity index (χ1) is 11.8. The zero-order valence-corrected chi connectivity index (χ0v) is 13.9. The number of aromatic nitrogens is 2. The van der Waals surface area contributed by atoms with E-state index in [9.17, 15) is 0 Å². The maximum absolute atomic E-state index is 6.23. The van der Waals surface area contributed by atoms with Gasteiger partial charge in [-0.2, -0.15) is 5.10 Å². The third-order valence-electron chi connectivity index (χ3n) is 4.92. The fraction of sp³-hybridized carbons (Fsp3) is 0.211. The molecule has 2 aromatic carbocycles. The molecule has 1 unspecified atom stereocenters. The van der Waals surface area contributed by atoms with Gasteiger partial charge in [-0.15, -0.1) is 0 Å². The van der Waals surface area contributed by atoms with Gasteiger partial charge in [0.1, 0.15) is 6.17 Å². The Morgan fingerprint density at radius 2 is 2.12 bits per heavy atom. The first-order valence-electron chi connectivity index (χ1n) is 8.24. The molecule has 0 spiro atoms. The van der Waals surface area contributed by atoms with E-state index >= 15 is 0 Å². The van der Waals surface area contributed by atoms with Crippen LogP contribution in [0.5, 0.6) is 0 Å². The lowest BCUT2D eigenvalue weighted by molar-refractivity contribution is 0.319. The molecule has 5 heteroatoms. The van der Waals surface area contributed by atoms with Gasteiger partial charge in [-0.05, 0) is 48.7 Å². The number of benzene rings is 2. The average molecular weight is 337 g/mol. The molecule has 0 amide bonds. The van der Waals surface area contributed by atoms with E-state index in [-0.39, 0.29) is 6.17 Å². The van der Waals surface area contributed by atoms with Crippen LogP contribution in [0.3, 0.4) is 0 Å². The van der Waals surface area contributed by atoms with E-state index in [2.05, 4.69) is 50.5 Å². The second kappa shape index (κ2) is 5.28. The highest BCUT2D eigenvalue weighted by molar-refractivity contribution is 6.30. The highest BCUT2D eigenvalue weighted by Crippen LogP contribution is 2.43. The van der Waals surface area contributed by atoms with Gasteiger partial charge in [-0.25, -0.2) is 0 Å². The number of anilines is 1. The maximum Gasteiger partial charge on any atom is 0.132 e. The summed E-state index contributed by atoms with van der Waals surface area (Å²) in [4.78, 5) is 4.84. The smallest absolute Gasteiger partial charge is 0.132 e. The number of aromatic amines is 1. The minimum Gasteiger partial charge on any atom is -0.349 e. The molecule has 0 bridgehead atoms. The summed E-state index contributed by atoms with van der Waals surface area (Å²) < 4.78 is 0. The molecule has 0 aliphatic carbocycles. The van der Waals surface area contributed by atoms with Crippen LogP contribution < -0.4 is 4.90 Å². The van der Waals surface area contributed by atoms with Gasteiger partial charge in [0.15, 0.2) is 0 Å². The molecule has 1 aromatic heterocycles. The van der Waals surface area contributed by atoms with Crippen molar-refractivity contribution >= 4 is 28.2 Å². The van der Waals surface area contributed by atoms with Gasteiger partial charge in [-0.1, -0.05) is 23.7 Å². The molecule has 120 valence electrons. The molecule has 3 aromatic rings. The molecule has 1 atom stereocenters. The van der Waals surface area contributed by atoms with Crippen molar-refractivity contribution in [3.05, 3.63) is 71.1 Å². The van der Waals surface area contributed by atoms with Crippen molar-refractivity contribution < 1.29 is 0 Å². The highest BCUT2D eigenvalue weighted by Gasteiger charge is 2.36. The van der Waals surface area contributed by atoms with Gasteiger partial charge in [-0.3, -0.25) is 5.10 Å². The van der Waals surface area contributed by atoms with Gasteiger partial charge in [0.2, 0.25) is 0 Å². The zero-order chi connectivity index (χ0) is 16.1. The van der Waals surface area contributed by atoms with Crippen LogP contribution >= 0.6 is 11.6 Å². The number of H-pyrrole nitrogens is 1. The van der Waals surface area contributed by atoms with Gasteiger partial charge < -0.3 is 9.80 Å². The lowest BCUT2D eigenvalue weighted by Gasteiger charge is -2.32. The van der Waals surface area contributed by atoms with E-state index in [4.69, 9.17) is 11.6 Å². The molecule has 0 radical (unpaired) electrons. The largest absolute Gasteiger partial charge is 0.349 e. The first-order valence-corrected chi connectivity index (χ1v) is 8.62. The minimum absolute atomic E-state index is 0.181.